The van der Waals surface area contributed by atoms with Crippen molar-refractivity contribution < 1.29 is 27.9 Å². The fourth-order valence-electron chi connectivity index (χ4n) is 2.73. The van der Waals surface area contributed by atoms with E-state index in [9.17, 15) is 22.8 Å². The van der Waals surface area contributed by atoms with E-state index in [4.69, 9.17) is 5.11 Å². The molecule has 1 unspecified atom stereocenters. The quantitative estimate of drug-likeness (QED) is 0.753. The van der Waals surface area contributed by atoms with Crippen molar-refractivity contribution in [2.24, 2.45) is 0 Å². The lowest BCUT2D eigenvalue weighted by atomic mass is 10.2. The van der Waals surface area contributed by atoms with Gasteiger partial charge in [-0.05, 0) is 25.1 Å². The zero-order valence-electron chi connectivity index (χ0n) is 15.5. The van der Waals surface area contributed by atoms with E-state index in [1.165, 1.54) is 49.5 Å². The maximum atomic E-state index is 12.9. The molecule has 0 spiro atoms. The van der Waals surface area contributed by atoms with Crippen molar-refractivity contribution in [3.05, 3.63) is 29.8 Å². The van der Waals surface area contributed by atoms with Gasteiger partial charge >= 0.3 is 5.97 Å². The Kier molecular flexibility index (Phi) is 6.22. The van der Waals surface area contributed by atoms with Crippen molar-refractivity contribution in [1.29, 1.82) is 0 Å². The molecule has 1 atom stereocenters. The molecule has 0 aromatic heterocycles. The van der Waals surface area contributed by atoms with Gasteiger partial charge in [0.2, 0.25) is 15.9 Å². The summed E-state index contributed by atoms with van der Waals surface area (Å²) >= 11 is 0. The molecule has 0 bridgehead atoms. The number of hydrogen-bond donors (Lipinski definition) is 1. The second-order valence-corrected chi connectivity index (χ2v) is 8.31. The predicted molar refractivity (Wildman–Crippen MR) is 96.6 cm³/mol. The Bertz CT molecular complexity index is 846. The molecule has 1 N–H and O–H groups in total. The summed E-state index contributed by atoms with van der Waals surface area (Å²) in [6.07, 6.45) is 0. The molecular formula is C17H23N3O6S. The van der Waals surface area contributed by atoms with Gasteiger partial charge in [0, 0.05) is 45.7 Å². The first-order valence-corrected chi connectivity index (χ1v) is 9.85. The Balaban J connectivity index is 2.22. The lowest BCUT2D eigenvalue weighted by molar-refractivity contribution is -0.141. The van der Waals surface area contributed by atoms with E-state index < -0.39 is 27.9 Å². The second kappa shape index (κ2) is 8.05. The number of hydrogen-bond acceptors (Lipinski definition) is 5. The minimum Gasteiger partial charge on any atom is -0.480 e. The van der Waals surface area contributed by atoms with Gasteiger partial charge in [0.15, 0.2) is 0 Å². The van der Waals surface area contributed by atoms with Gasteiger partial charge in [0.05, 0.1) is 4.90 Å². The van der Waals surface area contributed by atoms with E-state index in [1.54, 1.807) is 4.90 Å². The average Bonchev–Trinajstić information content (AvgIpc) is 2.66. The van der Waals surface area contributed by atoms with E-state index in [-0.39, 0.29) is 29.5 Å². The molecule has 1 aliphatic rings. The maximum Gasteiger partial charge on any atom is 0.326 e. The average molecular weight is 397 g/mol. The van der Waals surface area contributed by atoms with E-state index in [0.717, 1.165) is 4.90 Å². The van der Waals surface area contributed by atoms with Crippen LogP contribution in [0.3, 0.4) is 0 Å². The first-order valence-electron chi connectivity index (χ1n) is 8.41. The Morgan fingerprint density at radius 1 is 1.15 bits per heavy atom. The third-order valence-electron chi connectivity index (χ3n) is 4.66. The molecule has 27 heavy (non-hydrogen) atoms. The van der Waals surface area contributed by atoms with E-state index >= 15 is 0 Å². The van der Waals surface area contributed by atoms with Crippen molar-refractivity contribution in [3.8, 4) is 0 Å². The van der Waals surface area contributed by atoms with Gasteiger partial charge in [0.25, 0.3) is 5.91 Å². The third kappa shape index (κ3) is 4.45. The van der Waals surface area contributed by atoms with Gasteiger partial charge in [-0.3, -0.25) is 9.59 Å². The molecule has 1 fully saturated rings. The van der Waals surface area contributed by atoms with Gasteiger partial charge in [-0.1, -0.05) is 6.07 Å². The fourth-order valence-corrected chi connectivity index (χ4v) is 4.20. The van der Waals surface area contributed by atoms with Crippen molar-refractivity contribution in [2.45, 2.75) is 24.8 Å². The highest BCUT2D eigenvalue weighted by atomic mass is 32.2. The van der Waals surface area contributed by atoms with E-state index in [1.807, 2.05) is 0 Å². The normalized spacial score (nSPS) is 16.6. The molecular weight excluding hydrogens is 374 g/mol. The predicted octanol–water partition coefficient (Wildman–Crippen LogP) is 0.0845. The lowest BCUT2D eigenvalue weighted by Gasteiger charge is -2.33. The van der Waals surface area contributed by atoms with Crippen LogP contribution >= 0.6 is 0 Å². The largest absolute Gasteiger partial charge is 0.480 e. The molecule has 2 rings (SSSR count). The van der Waals surface area contributed by atoms with Gasteiger partial charge < -0.3 is 14.9 Å². The summed E-state index contributed by atoms with van der Waals surface area (Å²) < 4.78 is 27.0. The SMILES string of the molecule is CC(=O)N1CCN(S(=O)(=O)c2cccc(C(=O)N(C)C(C)C(=O)O)c2)CC1. The Labute approximate surface area is 158 Å². The first-order chi connectivity index (χ1) is 12.6. The highest BCUT2D eigenvalue weighted by molar-refractivity contribution is 7.89. The Hall–Kier alpha value is -2.46. The topological polar surface area (TPSA) is 115 Å². The zero-order chi connectivity index (χ0) is 20.4. The maximum absolute atomic E-state index is 12.9. The molecule has 0 saturated carbocycles. The number of rotatable bonds is 5. The zero-order valence-corrected chi connectivity index (χ0v) is 16.3. The van der Waals surface area contributed by atoms with Crippen LogP contribution in [0.15, 0.2) is 29.2 Å². The van der Waals surface area contributed by atoms with Crippen LogP contribution in [0.5, 0.6) is 0 Å². The van der Waals surface area contributed by atoms with Crippen molar-refractivity contribution in [3.63, 3.8) is 0 Å². The second-order valence-electron chi connectivity index (χ2n) is 6.37. The standard InChI is InChI=1S/C17H23N3O6S/c1-12(17(23)24)18(3)16(22)14-5-4-6-15(11-14)27(25,26)20-9-7-19(8-10-20)13(2)21/h4-6,11-12H,7-10H2,1-3H3,(H,23,24). The van der Waals surface area contributed by atoms with Crippen LogP contribution < -0.4 is 0 Å². The number of carboxylic acid groups (broad SMARTS) is 1. The highest BCUT2D eigenvalue weighted by Crippen LogP contribution is 2.20. The van der Waals surface area contributed by atoms with Gasteiger partial charge in [-0.2, -0.15) is 4.31 Å². The number of aliphatic carboxylic acids is 1. The molecule has 1 aromatic rings. The van der Waals surface area contributed by atoms with E-state index in [0.29, 0.717) is 13.1 Å². The smallest absolute Gasteiger partial charge is 0.326 e. The number of carboxylic acids is 1. The van der Waals surface area contributed by atoms with Gasteiger partial charge in [-0.15, -0.1) is 0 Å². The number of likely N-dealkylation sites (N-methyl/N-ethyl adjacent to an activating group) is 1. The lowest BCUT2D eigenvalue weighted by Crippen LogP contribution is -2.49. The van der Waals surface area contributed by atoms with Crippen molar-refractivity contribution in [2.75, 3.05) is 33.2 Å². The molecule has 1 heterocycles. The fraction of sp³-hybridized carbons (Fsp3) is 0.471. The van der Waals surface area contributed by atoms with Crippen LogP contribution in [0, 0.1) is 0 Å². The summed E-state index contributed by atoms with van der Waals surface area (Å²) in [4.78, 5) is 37.5. The van der Waals surface area contributed by atoms with Crippen LogP contribution in [0.1, 0.15) is 24.2 Å². The molecule has 1 aliphatic heterocycles. The number of benzene rings is 1. The van der Waals surface area contributed by atoms with Crippen LogP contribution in [0.2, 0.25) is 0 Å². The van der Waals surface area contributed by atoms with Crippen LogP contribution in [0.4, 0.5) is 0 Å². The Morgan fingerprint density at radius 2 is 1.74 bits per heavy atom. The summed E-state index contributed by atoms with van der Waals surface area (Å²) in [7, 11) is -2.47. The van der Waals surface area contributed by atoms with Gasteiger partial charge in [-0.25, -0.2) is 13.2 Å². The minimum absolute atomic E-state index is 0.0407. The summed E-state index contributed by atoms with van der Waals surface area (Å²) in [5.74, 6) is -1.84. The van der Waals surface area contributed by atoms with Gasteiger partial charge in [0.1, 0.15) is 6.04 Å². The molecule has 0 radical (unpaired) electrons. The van der Waals surface area contributed by atoms with Crippen molar-refractivity contribution in [1.82, 2.24) is 14.1 Å². The summed E-state index contributed by atoms with van der Waals surface area (Å²) in [5.41, 5.74) is 0.0917. The van der Waals surface area contributed by atoms with Crippen LogP contribution in [-0.4, -0.2) is 84.7 Å². The summed E-state index contributed by atoms with van der Waals surface area (Å²) in [6, 6.07) is 4.49. The number of carbonyl (C=O) groups excluding carboxylic acids is 2. The summed E-state index contributed by atoms with van der Waals surface area (Å²) in [6.45, 7) is 3.79. The molecule has 1 saturated heterocycles. The summed E-state index contributed by atoms with van der Waals surface area (Å²) in [5, 5.41) is 9.04. The molecule has 10 heteroatoms. The highest BCUT2D eigenvalue weighted by Gasteiger charge is 2.30. The molecule has 9 nitrogen and oxygen atoms in total. The molecule has 1 aromatic carbocycles. The Morgan fingerprint density at radius 3 is 2.26 bits per heavy atom. The molecule has 148 valence electrons. The van der Waals surface area contributed by atoms with Crippen LogP contribution in [0.25, 0.3) is 0 Å². The minimum atomic E-state index is -3.82. The number of piperazine rings is 1. The molecule has 2 amide bonds. The third-order valence-corrected chi connectivity index (χ3v) is 6.56. The number of sulfonamides is 1. The number of amides is 2. The van der Waals surface area contributed by atoms with E-state index in [2.05, 4.69) is 0 Å². The first kappa shape index (κ1) is 20.8. The molecule has 0 aliphatic carbocycles. The van der Waals surface area contributed by atoms with Crippen molar-refractivity contribution >= 4 is 27.8 Å². The monoisotopic (exact) mass is 397 g/mol. The van der Waals surface area contributed by atoms with Crippen LogP contribution in [-0.2, 0) is 19.6 Å². The number of carbonyl (C=O) groups is 3. The number of nitrogens with zero attached hydrogens (tertiary/aromatic N) is 3.